The van der Waals surface area contributed by atoms with Crippen molar-refractivity contribution in [1.82, 2.24) is 5.32 Å². The first-order valence-electron chi connectivity index (χ1n) is 6.77. The van der Waals surface area contributed by atoms with Crippen LogP contribution in [0, 0.1) is 6.92 Å². The fourth-order valence-corrected chi connectivity index (χ4v) is 2.01. The van der Waals surface area contributed by atoms with E-state index in [9.17, 15) is 4.79 Å². The highest BCUT2D eigenvalue weighted by molar-refractivity contribution is 5.80. The van der Waals surface area contributed by atoms with Crippen molar-refractivity contribution in [3.8, 4) is 0 Å². The van der Waals surface area contributed by atoms with E-state index in [0.29, 0.717) is 6.42 Å². The Balaban J connectivity index is 2.05. The van der Waals surface area contributed by atoms with E-state index in [4.69, 9.17) is 0 Å². The highest BCUT2D eigenvalue weighted by Gasteiger charge is 2.06. The molecule has 0 aliphatic carbocycles. The molecule has 0 saturated heterocycles. The molecule has 20 heavy (non-hydrogen) atoms. The summed E-state index contributed by atoms with van der Waals surface area (Å²) in [4.78, 5) is 11.5. The van der Waals surface area contributed by atoms with Crippen molar-refractivity contribution in [3.63, 3.8) is 0 Å². The van der Waals surface area contributed by atoms with Gasteiger partial charge in [-0.25, -0.2) is 0 Å². The number of para-hydroxylation sites is 1. The average Bonchev–Trinajstić information content (AvgIpc) is 2.48. The summed E-state index contributed by atoms with van der Waals surface area (Å²) in [6, 6.07) is 16.4. The SMILES string of the molecule is CNC(=O)Cc1ccccc1NCc1ccc(C)cc1. The molecule has 3 heteroatoms. The van der Waals surface area contributed by atoms with Gasteiger partial charge in [0.1, 0.15) is 0 Å². The highest BCUT2D eigenvalue weighted by Crippen LogP contribution is 2.17. The Kier molecular flexibility index (Phi) is 4.77. The van der Waals surface area contributed by atoms with E-state index in [1.807, 2.05) is 24.3 Å². The van der Waals surface area contributed by atoms with Gasteiger partial charge < -0.3 is 10.6 Å². The Labute approximate surface area is 120 Å². The average molecular weight is 268 g/mol. The fraction of sp³-hybridized carbons (Fsp3) is 0.235. The lowest BCUT2D eigenvalue weighted by atomic mass is 10.1. The zero-order valence-electron chi connectivity index (χ0n) is 11.9. The predicted molar refractivity (Wildman–Crippen MR) is 82.7 cm³/mol. The molecule has 0 heterocycles. The molecule has 0 fully saturated rings. The molecule has 0 saturated carbocycles. The van der Waals surface area contributed by atoms with Gasteiger partial charge in [-0.1, -0.05) is 48.0 Å². The van der Waals surface area contributed by atoms with Crippen LogP contribution in [0.5, 0.6) is 0 Å². The number of nitrogens with one attached hydrogen (secondary N) is 2. The zero-order valence-corrected chi connectivity index (χ0v) is 11.9. The number of benzene rings is 2. The smallest absolute Gasteiger partial charge is 0.224 e. The molecule has 3 nitrogen and oxygen atoms in total. The molecule has 1 amide bonds. The Morgan fingerprint density at radius 3 is 2.45 bits per heavy atom. The summed E-state index contributed by atoms with van der Waals surface area (Å²) >= 11 is 0. The van der Waals surface area contributed by atoms with Gasteiger partial charge in [0.2, 0.25) is 5.91 Å². The molecule has 2 rings (SSSR count). The fourth-order valence-electron chi connectivity index (χ4n) is 2.01. The Bertz CT molecular complexity index is 576. The maximum atomic E-state index is 11.5. The maximum Gasteiger partial charge on any atom is 0.224 e. The van der Waals surface area contributed by atoms with Gasteiger partial charge in [-0.05, 0) is 24.1 Å². The number of aryl methyl sites for hydroxylation is 1. The first kappa shape index (κ1) is 14.1. The van der Waals surface area contributed by atoms with E-state index in [2.05, 4.69) is 41.8 Å². The third-order valence-corrected chi connectivity index (χ3v) is 3.25. The van der Waals surface area contributed by atoms with Gasteiger partial charge in [-0.3, -0.25) is 4.79 Å². The summed E-state index contributed by atoms with van der Waals surface area (Å²) in [7, 11) is 1.66. The first-order chi connectivity index (χ1) is 9.69. The van der Waals surface area contributed by atoms with Gasteiger partial charge in [-0.15, -0.1) is 0 Å². The molecular weight excluding hydrogens is 248 g/mol. The van der Waals surface area contributed by atoms with E-state index in [-0.39, 0.29) is 5.91 Å². The Morgan fingerprint density at radius 2 is 1.75 bits per heavy atom. The van der Waals surface area contributed by atoms with Crippen LogP contribution in [-0.2, 0) is 17.8 Å². The minimum absolute atomic E-state index is 0.0228. The molecule has 2 N–H and O–H groups in total. The number of carbonyl (C=O) groups is 1. The lowest BCUT2D eigenvalue weighted by molar-refractivity contribution is -0.119. The van der Waals surface area contributed by atoms with Gasteiger partial charge in [0.15, 0.2) is 0 Å². The second kappa shape index (κ2) is 6.75. The van der Waals surface area contributed by atoms with Crippen molar-refractivity contribution in [3.05, 3.63) is 65.2 Å². The Morgan fingerprint density at radius 1 is 1.05 bits per heavy atom. The molecule has 0 aromatic heterocycles. The maximum absolute atomic E-state index is 11.5. The monoisotopic (exact) mass is 268 g/mol. The highest BCUT2D eigenvalue weighted by atomic mass is 16.1. The van der Waals surface area contributed by atoms with E-state index < -0.39 is 0 Å². The molecule has 0 bridgehead atoms. The molecule has 0 aliphatic rings. The third kappa shape index (κ3) is 3.85. The number of likely N-dealkylation sites (N-methyl/N-ethyl adjacent to an activating group) is 1. The molecule has 0 spiro atoms. The Hall–Kier alpha value is -2.29. The van der Waals surface area contributed by atoms with Gasteiger partial charge >= 0.3 is 0 Å². The van der Waals surface area contributed by atoms with Gasteiger partial charge in [0, 0.05) is 19.3 Å². The summed E-state index contributed by atoms with van der Waals surface area (Å²) < 4.78 is 0. The summed E-state index contributed by atoms with van der Waals surface area (Å²) in [5, 5.41) is 6.05. The normalized spacial score (nSPS) is 10.1. The van der Waals surface area contributed by atoms with Gasteiger partial charge in [0.25, 0.3) is 0 Å². The molecule has 0 aliphatic heterocycles. The third-order valence-electron chi connectivity index (χ3n) is 3.25. The number of hydrogen-bond donors (Lipinski definition) is 2. The van der Waals surface area contributed by atoms with Crippen LogP contribution in [0.15, 0.2) is 48.5 Å². The van der Waals surface area contributed by atoms with Crippen molar-refractivity contribution in [2.75, 3.05) is 12.4 Å². The molecule has 0 radical (unpaired) electrons. The molecule has 0 atom stereocenters. The second-order valence-corrected chi connectivity index (χ2v) is 4.85. The van der Waals surface area contributed by atoms with Crippen molar-refractivity contribution in [2.45, 2.75) is 19.9 Å². The van der Waals surface area contributed by atoms with Gasteiger partial charge in [-0.2, -0.15) is 0 Å². The summed E-state index contributed by atoms with van der Waals surface area (Å²) in [6.07, 6.45) is 0.396. The van der Waals surface area contributed by atoms with Crippen LogP contribution < -0.4 is 10.6 Å². The van der Waals surface area contributed by atoms with Crippen LogP contribution in [0.3, 0.4) is 0 Å². The largest absolute Gasteiger partial charge is 0.381 e. The van der Waals surface area contributed by atoms with Crippen molar-refractivity contribution in [1.29, 1.82) is 0 Å². The standard InChI is InChI=1S/C17H20N2O/c1-13-7-9-14(10-8-13)12-19-16-6-4-3-5-15(16)11-17(20)18-2/h3-10,19H,11-12H2,1-2H3,(H,18,20). The summed E-state index contributed by atoms with van der Waals surface area (Å²) in [5.41, 5.74) is 4.51. The zero-order chi connectivity index (χ0) is 14.4. The van der Waals surface area contributed by atoms with Crippen LogP contribution in [0.2, 0.25) is 0 Å². The summed E-state index contributed by atoms with van der Waals surface area (Å²) in [6.45, 7) is 2.83. The van der Waals surface area contributed by atoms with Gasteiger partial charge in [0.05, 0.1) is 6.42 Å². The number of anilines is 1. The molecule has 2 aromatic rings. The van der Waals surface area contributed by atoms with E-state index in [0.717, 1.165) is 17.8 Å². The minimum atomic E-state index is 0.0228. The van der Waals surface area contributed by atoms with Crippen molar-refractivity contribution >= 4 is 11.6 Å². The van der Waals surface area contributed by atoms with Crippen molar-refractivity contribution < 1.29 is 4.79 Å². The van der Waals surface area contributed by atoms with Crippen LogP contribution >= 0.6 is 0 Å². The minimum Gasteiger partial charge on any atom is -0.381 e. The molecular formula is C17H20N2O. The van der Waals surface area contributed by atoms with E-state index in [1.165, 1.54) is 11.1 Å². The number of amides is 1. The molecule has 0 unspecified atom stereocenters. The van der Waals surface area contributed by atoms with Crippen LogP contribution in [0.1, 0.15) is 16.7 Å². The molecule has 2 aromatic carbocycles. The number of hydrogen-bond acceptors (Lipinski definition) is 2. The van der Waals surface area contributed by atoms with E-state index >= 15 is 0 Å². The molecule has 104 valence electrons. The lowest BCUT2D eigenvalue weighted by Crippen LogP contribution is -2.20. The van der Waals surface area contributed by atoms with Crippen LogP contribution in [0.4, 0.5) is 5.69 Å². The van der Waals surface area contributed by atoms with Crippen molar-refractivity contribution in [2.24, 2.45) is 0 Å². The number of carbonyl (C=O) groups excluding carboxylic acids is 1. The quantitative estimate of drug-likeness (QED) is 0.875. The topological polar surface area (TPSA) is 41.1 Å². The number of rotatable bonds is 5. The first-order valence-corrected chi connectivity index (χ1v) is 6.77. The van der Waals surface area contributed by atoms with Crippen LogP contribution in [-0.4, -0.2) is 13.0 Å². The predicted octanol–water partition coefficient (Wildman–Crippen LogP) is 2.90. The van der Waals surface area contributed by atoms with E-state index in [1.54, 1.807) is 7.05 Å². The van der Waals surface area contributed by atoms with Crippen LogP contribution in [0.25, 0.3) is 0 Å². The summed E-state index contributed by atoms with van der Waals surface area (Å²) in [5.74, 6) is 0.0228. The second-order valence-electron chi connectivity index (χ2n) is 4.85. The lowest BCUT2D eigenvalue weighted by Gasteiger charge is -2.12.